The Labute approximate surface area is 128 Å². The van der Waals surface area contributed by atoms with Crippen molar-refractivity contribution >= 4 is 10.0 Å². The average molecular weight is 320 g/mol. The number of aromatic amines is 1. The van der Waals surface area contributed by atoms with Crippen molar-refractivity contribution in [2.45, 2.75) is 30.7 Å². The number of aromatic nitrogens is 3. The van der Waals surface area contributed by atoms with Crippen LogP contribution in [0, 0.1) is 6.92 Å². The predicted molar refractivity (Wildman–Crippen MR) is 79.7 cm³/mol. The fourth-order valence-corrected chi connectivity index (χ4v) is 4.37. The van der Waals surface area contributed by atoms with Crippen molar-refractivity contribution in [3.05, 3.63) is 52.5 Å². The Morgan fingerprint density at radius 1 is 1.41 bits per heavy atom. The summed E-state index contributed by atoms with van der Waals surface area (Å²) in [7, 11) is -3.64. The zero-order valence-corrected chi connectivity index (χ0v) is 12.9. The van der Waals surface area contributed by atoms with Crippen molar-refractivity contribution in [1.82, 2.24) is 19.3 Å². The van der Waals surface area contributed by atoms with Crippen molar-refractivity contribution in [2.24, 2.45) is 0 Å². The van der Waals surface area contributed by atoms with E-state index in [1.807, 2.05) is 0 Å². The first-order valence-corrected chi connectivity index (χ1v) is 8.42. The number of sulfonamides is 1. The van der Waals surface area contributed by atoms with Crippen molar-refractivity contribution in [3.63, 3.8) is 0 Å². The Morgan fingerprint density at radius 2 is 2.23 bits per heavy atom. The van der Waals surface area contributed by atoms with E-state index in [1.54, 1.807) is 13.0 Å². The van der Waals surface area contributed by atoms with Gasteiger partial charge in [0.05, 0.1) is 11.7 Å². The number of nitrogens with zero attached hydrogens (tertiary/aromatic N) is 3. The third kappa shape index (κ3) is 2.67. The molecular weight excluding hydrogens is 304 g/mol. The van der Waals surface area contributed by atoms with Gasteiger partial charge < -0.3 is 4.98 Å². The average Bonchev–Trinajstić information content (AvgIpc) is 2.97. The van der Waals surface area contributed by atoms with Crippen LogP contribution >= 0.6 is 0 Å². The maximum absolute atomic E-state index is 12.8. The second-order valence-corrected chi connectivity index (χ2v) is 7.11. The number of aryl methyl sites for hydroxylation is 1. The van der Waals surface area contributed by atoms with Gasteiger partial charge in [0.15, 0.2) is 0 Å². The molecule has 0 aliphatic carbocycles. The Hall–Kier alpha value is -2.06. The van der Waals surface area contributed by atoms with Crippen LogP contribution in [0.2, 0.25) is 0 Å². The lowest BCUT2D eigenvalue weighted by Gasteiger charge is -2.23. The summed E-state index contributed by atoms with van der Waals surface area (Å²) >= 11 is 0. The van der Waals surface area contributed by atoms with E-state index >= 15 is 0 Å². The van der Waals surface area contributed by atoms with E-state index in [4.69, 9.17) is 0 Å². The van der Waals surface area contributed by atoms with Crippen molar-refractivity contribution < 1.29 is 8.42 Å². The number of hydrogen-bond acceptors (Lipinski definition) is 5. The molecule has 7 nitrogen and oxygen atoms in total. The van der Waals surface area contributed by atoms with Gasteiger partial charge in [-0.2, -0.15) is 4.31 Å². The van der Waals surface area contributed by atoms with E-state index in [-0.39, 0.29) is 10.5 Å². The topological polar surface area (TPSA) is 96.0 Å². The van der Waals surface area contributed by atoms with Crippen molar-refractivity contribution in [1.29, 1.82) is 0 Å². The second kappa shape index (κ2) is 5.62. The molecule has 8 heteroatoms. The van der Waals surface area contributed by atoms with Crippen LogP contribution in [0.3, 0.4) is 0 Å². The molecule has 3 heterocycles. The smallest absolute Gasteiger partial charge is 0.251 e. The molecule has 1 fully saturated rings. The lowest BCUT2D eigenvalue weighted by Crippen LogP contribution is -2.32. The first-order chi connectivity index (χ1) is 10.5. The molecule has 1 unspecified atom stereocenters. The maximum atomic E-state index is 12.8. The van der Waals surface area contributed by atoms with Gasteiger partial charge in [-0.15, -0.1) is 0 Å². The van der Waals surface area contributed by atoms with Crippen LogP contribution in [0.1, 0.15) is 30.4 Å². The van der Waals surface area contributed by atoms with Crippen LogP contribution in [0.15, 0.2) is 40.3 Å². The van der Waals surface area contributed by atoms with Gasteiger partial charge in [-0.1, -0.05) is 0 Å². The predicted octanol–water partition coefficient (Wildman–Crippen LogP) is 0.999. The quantitative estimate of drug-likeness (QED) is 0.910. The highest BCUT2D eigenvalue weighted by atomic mass is 32.2. The summed E-state index contributed by atoms with van der Waals surface area (Å²) in [6.07, 6.45) is 4.25. The summed E-state index contributed by atoms with van der Waals surface area (Å²) in [5.74, 6) is 0.480. The van der Waals surface area contributed by atoms with Crippen LogP contribution in [-0.2, 0) is 10.0 Å². The minimum absolute atomic E-state index is 0.156. The molecule has 0 radical (unpaired) electrons. The highest BCUT2D eigenvalue weighted by molar-refractivity contribution is 7.89. The van der Waals surface area contributed by atoms with E-state index in [0.29, 0.717) is 24.5 Å². The Kier molecular flexibility index (Phi) is 3.79. The third-order valence-electron chi connectivity index (χ3n) is 3.67. The largest absolute Gasteiger partial charge is 0.311 e. The summed E-state index contributed by atoms with van der Waals surface area (Å²) in [4.78, 5) is 22.5. The molecule has 0 bridgehead atoms. The van der Waals surface area contributed by atoms with Crippen LogP contribution in [0.25, 0.3) is 0 Å². The standard InChI is InChI=1S/C14H16N4O3S/c1-10-16-12(8-14(19)17-10)13-5-3-7-18(13)22(20,21)11-4-2-6-15-9-11/h2,4,6,8-9,13H,3,5,7H2,1H3,(H,16,17,19). The number of rotatable bonds is 3. The van der Waals surface area contributed by atoms with Crippen LogP contribution < -0.4 is 5.56 Å². The molecule has 0 amide bonds. The van der Waals surface area contributed by atoms with Crippen LogP contribution in [0.5, 0.6) is 0 Å². The van der Waals surface area contributed by atoms with Crippen LogP contribution in [-0.4, -0.2) is 34.2 Å². The lowest BCUT2D eigenvalue weighted by atomic mass is 10.1. The van der Waals surface area contributed by atoms with E-state index < -0.39 is 16.1 Å². The van der Waals surface area contributed by atoms with E-state index in [2.05, 4.69) is 15.0 Å². The van der Waals surface area contributed by atoms with Crippen molar-refractivity contribution in [3.8, 4) is 0 Å². The highest BCUT2D eigenvalue weighted by Crippen LogP contribution is 2.35. The Balaban J connectivity index is 2.02. The molecule has 1 saturated heterocycles. The number of pyridine rings is 1. The van der Waals surface area contributed by atoms with Gasteiger partial charge in [-0.05, 0) is 31.9 Å². The molecule has 1 aliphatic heterocycles. The molecule has 22 heavy (non-hydrogen) atoms. The van der Waals surface area contributed by atoms with Gasteiger partial charge in [0.25, 0.3) is 5.56 Å². The number of hydrogen-bond donors (Lipinski definition) is 1. The fourth-order valence-electron chi connectivity index (χ4n) is 2.73. The summed E-state index contributed by atoms with van der Waals surface area (Å²) < 4.78 is 26.9. The van der Waals surface area contributed by atoms with E-state index in [1.165, 1.54) is 28.8 Å². The van der Waals surface area contributed by atoms with Gasteiger partial charge in [0, 0.05) is 25.0 Å². The fraction of sp³-hybridized carbons (Fsp3) is 0.357. The molecule has 1 aliphatic rings. The van der Waals surface area contributed by atoms with Gasteiger partial charge in [0.1, 0.15) is 10.7 Å². The molecular formula is C14H16N4O3S. The summed E-state index contributed by atoms with van der Waals surface area (Å²) in [5.41, 5.74) is 0.222. The molecule has 1 atom stereocenters. The lowest BCUT2D eigenvalue weighted by molar-refractivity contribution is 0.389. The summed E-state index contributed by atoms with van der Waals surface area (Å²) in [5, 5.41) is 0. The molecule has 0 saturated carbocycles. The molecule has 1 N–H and O–H groups in total. The van der Waals surface area contributed by atoms with Gasteiger partial charge in [0.2, 0.25) is 10.0 Å². The Morgan fingerprint density at radius 3 is 2.91 bits per heavy atom. The normalized spacial score (nSPS) is 19.4. The van der Waals surface area contributed by atoms with E-state index in [0.717, 1.165) is 6.42 Å². The molecule has 2 aromatic rings. The molecule has 0 aromatic carbocycles. The van der Waals surface area contributed by atoms with Gasteiger partial charge in [-0.25, -0.2) is 13.4 Å². The SMILES string of the molecule is Cc1nc(C2CCCN2S(=O)(=O)c2cccnc2)cc(=O)[nH]1. The number of nitrogens with one attached hydrogen (secondary N) is 1. The van der Waals surface area contributed by atoms with Crippen molar-refractivity contribution in [2.75, 3.05) is 6.54 Å². The monoisotopic (exact) mass is 320 g/mol. The molecule has 2 aromatic heterocycles. The molecule has 116 valence electrons. The van der Waals surface area contributed by atoms with Gasteiger partial charge in [-0.3, -0.25) is 9.78 Å². The maximum Gasteiger partial charge on any atom is 0.251 e. The number of H-pyrrole nitrogens is 1. The third-order valence-corrected chi connectivity index (χ3v) is 5.56. The summed E-state index contributed by atoms with van der Waals surface area (Å²) in [6.45, 7) is 2.09. The first-order valence-electron chi connectivity index (χ1n) is 6.98. The van der Waals surface area contributed by atoms with E-state index in [9.17, 15) is 13.2 Å². The van der Waals surface area contributed by atoms with Gasteiger partial charge >= 0.3 is 0 Å². The summed E-state index contributed by atoms with van der Waals surface area (Å²) in [6, 6.07) is 4.07. The van der Waals surface area contributed by atoms with Crippen LogP contribution in [0.4, 0.5) is 0 Å². The highest BCUT2D eigenvalue weighted by Gasteiger charge is 2.37. The zero-order chi connectivity index (χ0) is 15.7. The first kappa shape index (κ1) is 14.9. The second-order valence-electron chi connectivity index (χ2n) is 5.22. The zero-order valence-electron chi connectivity index (χ0n) is 12.1. The molecule has 3 rings (SSSR count). The minimum atomic E-state index is -3.64. The molecule has 0 spiro atoms. The Bertz CT molecular complexity index is 833. The minimum Gasteiger partial charge on any atom is -0.311 e.